The number of nitrogens with zero attached hydrogens (tertiary/aromatic N) is 4. The molecule has 100 valence electrons. The van der Waals surface area contributed by atoms with Crippen molar-refractivity contribution < 1.29 is 9.90 Å². The molecule has 1 heterocycles. The summed E-state index contributed by atoms with van der Waals surface area (Å²) in [4.78, 5) is 10.8. The largest absolute Gasteiger partial charge is 0.481 e. The monoisotopic (exact) mass is 252 g/mol. The van der Waals surface area contributed by atoms with Gasteiger partial charge in [0.25, 0.3) is 0 Å². The Bertz CT molecular complexity index is 441. The Morgan fingerprint density at radius 2 is 2.28 bits per heavy atom. The van der Waals surface area contributed by atoms with Crippen LogP contribution in [0.1, 0.15) is 51.8 Å². The highest BCUT2D eigenvalue weighted by Gasteiger charge is 2.49. The quantitative estimate of drug-likeness (QED) is 0.833. The van der Waals surface area contributed by atoms with Gasteiger partial charge in [-0.3, -0.25) is 4.79 Å². The number of rotatable bonds is 6. The lowest BCUT2D eigenvalue weighted by Gasteiger charge is -2.13. The summed E-state index contributed by atoms with van der Waals surface area (Å²) in [7, 11) is 0. The van der Waals surface area contributed by atoms with Crippen LogP contribution in [-0.2, 0) is 11.3 Å². The summed E-state index contributed by atoms with van der Waals surface area (Å²) in [5, 5.41) is 20.7. The third kappa shape index (κ3) is 2.68. The van der Waals surface area contributed by atoms with E-state index in [2.05, 4.69) is 29.4 Å². The van der Waals surface area contributed by atoms with E-state index in [9.17, 15) is 4.79 Å². The fourth-order valence-electron chi connectivity index (χ4n) is 2.33. The first-order valence-corrected chi connectivity index (χ1v) is 6.42. The van der Waals surface area contributed by atoms with Crippen molar-refractivity contribution in [2.24, 2.45) is 11.3 Å². The Morgan fingerprint density at radius 3 is 2.78 bits per heavy atom. The van der Waals surface area contributed by atoms with Gasteiger partial charge in [-0.2, -0.15) is 0 Å². The molecule has 2 rings (SSSR count). The predicted molar refractivity (Wildman–Crippen MR) is 65.0 cm³/mol. The summed E-state index contributed by atoms with van der Waals surface area (Å²) < 4.78 is 1.79. The zero-order valence-electron chi connectivity index (χ0n) is 11.1. The summed E-state index contributed by atoms with van der Waals surface area (Å²) in [5.74, 6) is 0.647. The normalized spacial score (nSPS) is 22.7. The van der Waals surface area contributed by atoms with Crippen LogP contribution in [0, 0.1) is 11.3 Å². The van der Waals surface area contributed by atoms with Crippen LogP contribution in [0.5, 0.6) is 0 Å². The van der Waals surface area contributed by atoms with E-state index in [-0.39, 0.29) is 17.8 Å². The summed E-state index contributed by atoms with van der Waals surface area (Å²) in [6.07, 6.45) is 2.09. The van der Waals surface area contributed by atoms with Crippen molar-refractivity contribution in [3.05, 3.63) is 5.82 Å². The van der Waals surface area contributed by atoms with Crippen molar-refractivity contribution in [2.45, 2.75) is 52.5 Å². The fraction of sp³-hybridized carbons (Fsp3) is 0.833. The molecular weight excluding hydrogens is 232 g/mol. The topological polar surface area (TPSA) is 80.9 Å². The summed E-state index contributed by atoms with van der Waals surface area (Å²) >= 11 is 0. The minimum atomic E-state index is -0.761. The molecule has 1 aliphatic carbocycles. The van der Waals surface area contributed by atoms with Gasteiger partial charge in [0, 0.05) is 18.9 Å². The standard InChI is InChI=1S/C12H20N4O2/c1-4-8(5-10(17)18)7-16-11(13-14-15-16)9-6-12(9,2)3/h8-9H,4-7H2,1-3H3,(H,17,18). The lowest BCUT2D eigenvalue weighted by atomic mass is 10.0. The molecule has 2 unspecified atom stereocenters. The molecule has 0 bridgehead atoms. The van der Waals surface area contributed by atoms with Crippen LogP contribution in [0.15, 0.2) is 0 Å². The Balaban J connectivity index is 2.05. The molecule has 1 aliphatic rings. The van der Waals surface area contributed by atoms with Crippen LogP contribution in [0.3, 0.4) is 0 Å². The molecule has 2 atom stereocenters. The third-order valence-corrected chi connectivity index (χ3v) is 3.86. The molecule has 1 aromatic heterocycles. The second-order valence-electron chi connectivity index (χ2n) is 5.84. The van der Waals surface area contributed by atoms with Crippen LogP contribution in [0.25, 0.3) is 0 Å². The van der Waals surface area contributed by atoms with Crippen LogP contribution >= 0.6 is 0 Å². The second kappa shape index (κ2) is 4.66. The van der Waals surface area contributed by atoms with E-state index in [4.69, 9.17) is 5.11 Å². The number of carbonyl (C=O) groups is 1. The minimum Gasteiger partial charge on any atom is -0.481 e. The molecular formula is C12H20N4O2. The molecule has 1 N–H and O–H groups in total. The smallest absolute Gasteiger partial charge is 0.303 e. The number of hydrogen-bond donors (Lipinski definition) is 1. The van der Waals surface area contributed by atoms with E-state index >= 15 is 0 Å². The maximum Gasteiger partial charge on any atom is 0.303 e. The molecule has 0 spiro atoms. The highest BCUT2D eigenvalue weighted by molar-refractivity contribution is 5.66. The lowest BCUT2D eigenvalue weighted by Crippen LogP contribution is -2.17. The van der Waals surface area contributed by atoms with Crippen LogP contribution in [-0.4, -0.2) is 31.3 Å². The van der Waals surface area contributed by atoms with E-state index in [1.54, 1.807) is 4.68 Å². The van der Waals surface area contributed by atoms with Crippen molar-refractivity contribution in [1.29, 1.82) is 0 Å². The Hall–Kier alpha value is -1.46. The zero-order valence-corrected chi connectivity index (χ0v) is 11.1. The van der Waals surface area contributed by atoms with Crippen molar-refractivity contribution in [2.75, 3.05) is 0 Å². The van der Waals surface area contributed by atoms with Crippen molar-refractivity contribution in [3.8, 4) is 0 Å². The van der Waals surface area contributed by atoms with Gasteiger partial charge in [-0.05, 0) is 28.2 Å². The second-order valence-corrected chi connectivity index (χ2v) is 5.84. The molecule has 6 heteroatoms. The molecule has 1 fully saturated rings. The number of hydrogen-bond acceptors (Lipinski definition) is 4. The minimum absolute atomic E-state index is 0.0895. The SMILES string of the molecule is CCC(CC(=O)O)Cn1nnnc1C1CC1(C)C. The van der Waals surface area contributed by atoms with Gasteiger partial charge in [0.05, 0.1) is 0 Å². The molecule has 0 amide bonds. The van der Waals surface area contributed by atoms with E-state index in [0.717, 1.165) is 18.7 Å². The van der Waals surface area contributed by atoms with Gasteiger partial charge >= 0.3 is 5.97 Å². The Morgan fingerprint density at radius 1 is 1.61 bits per heavy atom. The molecule has 1 saturated carbocycles. The van der Waals surface area contributed by atoms with Gasteiger partial charge in [0.15, 0.2) is 5.82 Å². The molecule has 0 aromatic carbocycles. The summed E-state index contributed by atoms with van der Waals surface area (Å²) in [6, 6.07) is 0. The lowest BCUT2D eigenvalue weighted by molar-refractivity contribution is -0.138. The number of carboxylic acids is 1. The first-order chi connectivity index (χ1) is 8.44. The van der Waals surface area contributed by atoms with E-state index in [1.807, 2.05) is 6.92 Å². The zero-order chi connectivity index (χ0) is 13.3. The average molecular weight is 252 g/mol. The van der Waals surface area contributed by atoms with Gasteiger partial charge < -0.3 is 5.11 Å². The molecule has 0 aliphatic heterocycles. The van der Waals surface area contributed by atoms with Crippen LogP contribution in [0.4, 0.5) is 0 Å². The highest BCUT2D eigenvalue weighted by atomic mass is 16.4. The first kappa shape index (κ1) is 13.0. The average Bonchev–Trinajstić information content (AvgIpc) is 2.73. The summed E-state index contributed by atoms with van der Waals surface area (Å²) in [5.41, 5.74) is 0.279. The number of tetrazole rings is 1. The molecule has 18 heavy (non-hydrogen) atoms. The van der Waals surface area contributed by atoms with Crippen molar-refractivity contribution in [1.82, 2.24) is 20.2 Å². The van der Waals surface area contributed by atoms with Gasteiger partial charge in [-0.25, -0.2) is 4.68 Å². The molecule has 6 nitrogen and oxygen atoms in total. The van der Waals surface area contributed by atoms with Crippen LogP contribution in [0.2, 0.25) is 0 Å². The van der Waals surface area contributed by atoms with Gasteiger partial charge in [-0.1, -0.05) is 27.2 Å². The molecule has 1 aromatic rings. The van der Waals surface area contributed by atoms with Gasteiger partial charge in [0.2, 0.25) is 0 Å². The van der Waals surface area contributed by atoms with E-state index in [1.165, 1.54) is 0 Å². The third-order valence-electron chi connectivity index (χ3n) is 3.86. The molecule has 0 saturated heterocycles. The van der Waals surface area contributed by atoms with Gasteiger partial charge in [-0.15, -0.1) is 5.10 Å². The van der Waals surface area contributed by atoms with Crippen LogP contribution < -0.4 is 0 Å². The Kier molecular flexibility index (Phi) is 3.36. The Labute approximate surface area is 106 Å². The fourth-order valence-corrected chi connectivity index (χ4v) is 2.33. The number of carboxylic acid groups (broad SMARTS) is 1. The maximum atomic E-state index is 10.8. The summed E-state index contributed by atoms with van der Waals surface area (Å²) in [6.45, 7) is 6.99. The first-order valence-electron chi connectivity index (χ1n) is 6.42. The molecule has 0 radical (unpaired) electrons. The maximum absolute atomic E-state index is 10.8. The van der Waals surface area contributed by atoms with E-state index in [0.29, 0.717) is 12.5 Å². The number of aromatic nitrogens is 4. The predicted octanol–water partition coefficient (Wildman–Crippen LogP) is 1.69. The van der Waals surface area contributed by atoms with Crippen molar-refractivity contribution >= 4 is 5.97 Å². The van der Waals surface area contributed by atoms with E-state index < -0.39 is 5.97 Å². The number of aliphatic carboxylic acids is 1. The highest BCUT2D eigenvalue weighted by Crippen LogP contribution is 2.57. The van der Waals surface area contributed by atoms with Gasteiger partial charge in [0.1, 0.15) is 0 Å². The van der Waals surface area contributed by atoms with Crippen molar-refractivity contribution in [3.63, 3.8) is 0 Å².